The second-order valence-corrected chi connectivity index (χ2v) is 6.80. The van der Waals surface area contributed by atoms with Crippen LogP contribution >= 0.6 is 11.3 Å². The molecule has 2 aromatic rings. The third kappa shape index (κ3) is 3.41. The molecule has 0 fully saturated rings. The smallest absolute Gasteiger partial charge is 0.326 e. The number of esters is 1. The van der Waals surface area contributed by atoms with Gasteiger partial charge in [-0.05, 0) is 39.0 Å². The van der Waals surface area contributed by atoms with Gasteiger partial charge in [0.1, 0.15) is 12.3 Å². The molecule has 0 spiro atoms. The Balaban J connectivity index is 1.92. The van der Waals surface area contributed by atoms with Crippen molar-refractivity contribution < 1.29 is 19.1 Å². The van der Waals surface area contributed by atoms with Gasteiger partial charge >= 0.3 is 5.97 Å². The van der Waals surface area contributed by atoms with Crippen molar-refractivity contribution in [3.8, 4) is 17.0 Å². The van der Waals surface area contributed by atoms with Crippen molar-refractivity contribution in [1.29, 1.82) is 0 Å². The van der Waals surface area contributed by atoms with Crippen molar-refractivity contribution in [2.24, 2.45) is 0 Å². The Labute approximate surface area is 144 Å². The van der Waals surface area contributed by atoms with Crippen molar-refractivity contribution >= 4 is 28.9 Å². The number of benzene rings is 1. The molecule has 6 nitrogen and oxygen atoms in total. The lowest BCUT2D eigenvalue weighted by Crippen LogP contribution is -2.42. The van der Waals surface area contributed by atoms with Crippen molar-refractivity contribution in [3.63, 3.8) is 0 Å². The van der Waals surface area contributed by atoms with E-state index in [2.05, 4.69) is 4.98 Å². The number of carbonyl (C=O) groups is 2. The Morgan fingerprint density at radius 3 is 2.92 bits per heavy atom. The van der Waals surface area contributed by atoms with Crippen LogP contribution in [-0.4, -0.2) is 36.1 Å². The zero-order chi connectivity index (χ0) is 17.3. The Morgan fingerprint density at radius 2 is 2.25 bits per heavy atom. The number of hydrogen-bond donors (Lipinski definition) is 0. The largest absolute Gasteiger partial charge is 0.482 e. The molecule has 1 aliphatic rings. The minimum absolute atomic E-state index is 0.0862. The van der Waals surface area contributed by atoms with Crippen LogP contribution in [0.1, 0.15) is 18.9 Å². The number of ether oxygens (including phenoxy) is 2. The van der Waals surface area contributed by atoms with E-state index in [1.165, 1.54) is 4.90 Å². The van der Waals surface area contributed by atoms with Crippen molar-refractivity contribution in [2.45, 2.75) is 26.9 Å². The van der Waals surface area contributed by atoms with Crippen LogP contribution in [0.5, 0.6) is 5.75 Å². The van der Waals surface area contributed by atoms with Gasteiger partial charge < -0.3 is 9.47 Å². The summed E-state index contributed by atoms with van der Waals surface area (Å²) in [5, 5.41) is 2.92. The highest BCUT2D eigenvalue weighted by Crippen LogP contribution is 2.36. The van der Waals surface area contributed by atoms with Crippen LogP contribution in [0, 0.1) is 6.92 Å². The first kappa shape index (κ1) is 16.4. The zero-order valence-corrected chi connectivity index (χ0v) is 14.6. The summed E-state index contributed by atoms with van der Waals surface area (Å²) in [4.78, 5) is 30.0. The first-order valence-electron chi connectivity index (χ1n) is 7.63. The van der Waals surface area contributed by atoms with Gasteiger partial charge in [-0.15, -0.1) is 11.3 Å². The van der Waals surface area contributed by atoms with E-state index in [4.69, 9.17) is 9.47 Å². The number of fused-ring (bicyclic) bond motifs is 1. The highest BCUT2D eigenvalue weighted by atomic mass is 32.1. The quantitative estimate of drug-likeness (QED) is 0.796. The highest BCUT2D eigenvalue weighted by molar-refractivity contribution is 7.09. The molecular formula is C17H18N2O4S. The predicted octanol–water partition coefficient (Wildman–Crippen LogP) is 2.80. The van der Waals surface area contributed by atoms with Crippen LogP contribution in [0.4, 0.5) is 5.69 Å². The molecule has 0 saturated carbocycles. The molecule has 3 rings (SSSR count). The third-order valence-electron chi connectivity index (χ3n) is 3.47. The van der Waals surface area contributed by atoms with Crippen molar-refractivity contribution in [3.05, 3.63) is 28.6 Å². The molecular weight excluding hydrogens is 328 g/mol. The molecule has 7 heteroatoms. The summed E-state index contributed by atoms with van der Waals surface area (Å²) in [7, 11) is 0. The lowest BCUT2D eigenvalue weighted by molar-refractivity contribution is -0.146. The van der Waals surface area contributed by atoms with E-state index in [-0.39, 0.29) is 25.2 Å². The maximum absolute atomic E-state index is 12.2. The van der Waals surface area contributed by atoms with E-state index in [1.54, 1.807) is 31.3 Å². The van der Waals surface area contributed by atoms with Crippen LogP contribution in [-0.2, 0) is 14.3 Å². The number of hydrogen-bond acceptors (Lipinski definition) is 6. The normalized spacial score (nSPS) is 13.7. The molecule has 1 aromatic heterocycles. The molecule has 0 radical (unpaired) electrons. The number of thiazole rings is 1. The maximum Gasteiger partial charge on any atom is 0.326 e. The Hall–Kier alpha value is -2.41. The fourth-order valence-corrected chi connectivity index (χ4v) is 3.08. The topological polar surface area (TPSA) is 68.7 Å². The Bertz CT molecular complexity index is 785. The third-order valence-corrected chi connectivity index (χ3v) is 4.24. The monoisotopic (exact) mass is 346 g/mol. The molecule has 0 bridgehead atoms. The number of rotatable bonds is 4. The van der Waals surface area contributed by atoms with Gasteiger partial charge in [0.2, 0.25) is 0 Å². The fraction of sp³-hybridized carbons (Fsp3) is 0.353. The number of nitrogens with zero attached hydrogens (tertiary/aromatic N) is 2. The SMILES string of the molecule is Cc1nc(-c2ccc3c(c2)N(CC(=O)OC(C)C)C(=O)CO3)cs1. The number of anilines is 1. The van der Waals surface area contributed by atoms with E-state index >= 15 is 0 Å². The van der Waals surface area contributed by atoms with Crippen LogP contribution in [0.15, 0.2) is 23.6 Å². The first-order valence-corrected chi connectivity index (χ1v) is 8.51. The first-order chi connectivity index (χ1) is 11.4. The van der Waals surface area contributed by atoms with Gasteiger partial charge in [0.15, 0.2) is 6.61 Å². The van der Waals surface area contributed by atoms with Crippen molar-refractivity contribution in [1.82, 2.24) is 4.98 Å². The average molecular weight is 346 g/mol. The minimum Gasteiger partial charge on any atom is -0.482 e. The number of amides is 1. The predicted molar refractivity (Wildman–Crippen MR) is 91.4 cm³/mol. The minimum atomic E-state index is -0.443. The van der Waals surface area contributed by atoms with Gasteiger partial charge in [-0.2, -0.15) is 0 Å². The summed E-state index contributed by atoms with van der Waals surface area (Å²) in [5.74, 6) is -0.140. The van der Waals surface area contributed by atoms with Gasteiger partial charge in [-0.1, -0.05) is 0 Å². The average Bonchev–Trinajstić information content (AvgIpc) is 2.95. The maximum atomic E-state index is 12.2. The van der Waals surface area contributed by atoms with E-state index < -0.39 is 5.97 Å². The lowest BCUT2D eigenvalue weighted by Gasteiger charge is -2.29. The van der Waals surface area contributed by atoms with E-state index in [1.807, 2.05) is 24.4 Å². The summed E-state index contributed by atoms with van der Waals surface area (Å²) in [6, 6.07) is 5.52. The molecule has 0 saturated heterocycles. The van der Waals surface area contributed by atoms with Gasteiger partial charge in [0.25, 0.3) is 5.91 Å². The van der Waals surface area contributed by atoms with Crippen LogP contribution < -0.4 is 9.64 Å². The molecule has 0 aliphatic carbocycles. The fourth-order valence-electron chi connectivity index (χ4n) is 2.46. The highest BCUT2D eigenvalue weighted by Gasteiger charge is 2.28. The van der Waals surface area contributed by atoms with Crippen molar-refractivity contribution in [2.75, 3.05) is 18.1 Å². The second-order valence-electron chi connectivity index (χ2n) is 5.74. The molecule has 1 aliphatic heterocycles. The number of aromatic nitrogens is 1. The second kappa shape index (κ2) is 6.60. The molecule has 0 N–H and O–H groups in total. The number of carbonyl (C=O) groups excluding carboxylic acids is 2. The molecule has 1 aromatic carbocycles. The van der Waals surface area contributed by atoms with Gasteiger partial charge in [0, 0.05) is 10.9 Å². The lowest BCUT2D eigenvalue weighted by atomic mass is 10.1. The van der Waals surface area contributed by atoms with Crippen LogP contribution in [0.3, 0.4) is 0 Å². The van der Waals surface area contributed by atoms with E-state index in [9.17, 15) is 9.59 Å². The summed E-state index contributed by atoms with van der Waals surface area (Å²) < 4.78 is 10.6. The standard InChI is InChI=1S/C17H18N2O4S/c1-10(2)23-17(21)7-19-14-6-12(13-9-24-11(3)18-13)4-5-15(14)22-8-16(19)20/h4-6,9-10H,7-8H2,1-3H3. The zero-order valence-electron chi connectivity index (χ0n) is 13.7. The Morgan fingerprint density at radius 1 is 1.46 bits per heavy atom. The van der Waals surface area contributed by atoms with Gasteiger partial charge in [-0.3, -0.25) is 14.5 Å². The summed E-state index contributed by atoms with van der Waals surface area (Å²) >= 11 is 1.56. The van der Waals surface area contributed by atoms with Gasteiger partial charge in [-0.25, -0.2) is 4.98 Å². The van der Waals surface area contributed by atoms with E-state index in [0.717, 1.165) is 16.3 Å². The molecule has 24 heavy (non-hydrogen) atoms. The molecule has 1 amide bonds. The molecule has 2 heterocycles. The summed E-state index contributed by atoms with van der Waals surface area (Å²) in [5.41, 5.74) is 2.27. The van der Waals surface area contributed by atoms with Crippen LogP contribution in [0.2, 0.25) is 0 Å². The van der Waals surface area contributed by atoms with Crippen LogP contribution in [0.25, 0.3) is 11.3 Å². The van der Waals surface area contributed by atoms with Gasteiger partial charge in [0.05, 0.1) is 22.5 Å². The summed E-state index contributed by atoms with van der Waals surface area (Å²) in [6.07, 6.45) is -0.225. The Kier molecular flexibility index (Phi) is 4.53. The molecule has 0 atom stereocenters. The summed E-state index contributed by atoms with van der Waals surface area (Å²) in [6.45, 7) is 5.27. The number of aryl methyl sites for hydroxylation is 1. The molecule has 0 unspecified atom stereocenters. The molecule has 126 valence electrons. The van der Waals surface area contributed by atoms with E-state index in [0.29, 0.717) is 11.4 Å².